The van der Waals surface area contributed by atoms with Crippen molar-refractivity contribution in [1.29, 1.82) is 0 Å². The third kappa shape index (κ3) is 4.26. The van der Waals surface area contributed by atoms with Crippen LogP contribution in [0.15, 0.2) is 72.1 Å². The highest BCUT2D eigenvalue weighted by molar-refractivity contribution is 7.10. The molecule has 128 valence electrons. The number of benzene rings is 2. The summed E-state index contributed by atoms with van der Waals surface area (Å²) in [6.45, 7) is 1.85. The lowest BCUT2D eigenvalue weighted by Gasteiger charge is -2.22. The summed E-state index contributed by atoms with van der Waals surface area (Å²) in [6, 6.07) is 20.8. The van der Waals surface area contributed by atoms with E-state index in [1.54, 1.807) is 13.0 Å². The van der Waals surface area contributed by atoms with Crippen LogP contribution in [0.3, 0.4) is 0 Å². The van der Waals surface area contributed by atoms with E-state index in [0.29, 0.717) is 5.56 Å². The van der Waals surface area contributed by atoms with Crippen molar-refractivity contribution >= 4 is 28.6 Å². The molecule has 3 aromatic rings. The average molecular weight is 352 g/mol. The number of rotatable bonds is 6. The molecule has 0 radical (unpaired) electrons. The fourth-order valence-corrected chi connectivity index (χ4v) is 3.27. The Balaban J connectivity index is 1.72. The van der Waals surface area contributed by atoms with Gasteiger partial charge >= 0.3 is 0 Å². The fourth-order valence-electron chi connectivity index (χ4n) is 2.49. The van der Waals surface area contributed by atoms with Crippen molar-refractivity contribution in [2.24, 2.45) is 0 Å². The largest absolute Gasteiger partial charge is 0.383 e. The van der Waals surface area contributed by atoms with Crippen molar-refractivity contribution in [3.8, 4) is 0 Å². The molecule has 2 aromatic carbocycles. The number of carbonyl (C=O) groups excluding carboxylic acids is 1. The van der Waals surface area contributed by atoms with Crippen LogP contribution in [0, 0.1) is 0 Å². The monoisotopic (exact) mass is 352 g/mol. The van der Waals surface area contributed by atoms with Crippen molar-refractivity contribution in [2.75, 3.05) is 11.9 Å². The molecule has 0 aliphatic rings. The highest BCUT2D eigenvalue weighted by Crippen LogP contribution is 2.25. The number of carbonyl (C=O) groups is 1. The summed E-state index contributed by atoms with van der Waals surface area (Å²) in [7, 11) is 0. The van der Waals surface area contributed by atoms with Crippen LogP contribution in [-0.4, -0.2) is 17.6 Å². The lowest BCUT2D eigenvalue weighted by Crippen LogP contribution is -2.38. The number of anilines is 2. The van der Waals surface area contributed by atoms with Crippen LogP contribution in [0.25, 0.3) is 0 Å². The molecule has 0 aliphatic carbocycles. The number of aliphatic hydroxyl groups is 1. The van der Waals surface area contributed by atoms with Crippen molar-refractivity contribution in [3.63, 3.8) is 0 Å². The van der Waals surface area contributed by atoms with E-state index < -0.39 is 5.60 Å². The minimum Gasteiger partial charge on any atom is -0.383 e. The maximum atomic E-state index is 12.6. The molecule has 0 unspecified atom stereocenters. The van der Waals surface area contributed by atoms with Gasteiger partial charge in [-0.25, -0.2) is 0 Å². The molecule has 5 heteroatoms. The average Bonchev–Trinajstić information content (AvgIpc) is 3.17. The Kier molecular flexibility index (Phi) is 5.16. The number of para-hydroxylation sites is 2. The Bertz CT molecular complexity index is 830. The second kappa shape index (κ2) is 7.51. The molecule has 3 rings (SSSR count). The summed E-state index contributed by atoms with van der Waals surface area (Å²) in [6.07, 6.45) is 0. The van der Waals surface area contributed by atoms with Gasteiger partial charge in [0.1, 0.15) is 5.60 Å². The molecule has 0 saturated carbocycles. The molecule has 1 aromatic heterocycles. The Morgan fingerprint density at radius 1 is 1.04 bits per heavy atom. The Morgan fingerprint density at radius 3 is 2.48 bits per heavy atom. The lowest BCUT2D eigenvalue weighted by atomic mass is 10.0. The predicted octanol–water partition coefficient (Wildman–Crippen LogP) is 4.13. The number of hydrogen-bond donors (Lipinski definition) is 3. The van der Waals surface area contributed by atoms with Gasteiger partial charge in [-0.3, -0.25) is 4.79 Å². The SMILES string of the molecule is C[C@](O)(CNC(=O)c1ccccc1Nc1ccccc1)c1cccs1. The van der Waals surface area contributed by atoms with Crippen LogP contribution in [0.1, 0.15) is 22.2 Å². The van der Waals surface area contributed by atoms with E-state index in [-0.39, 0.29) is 12.5 Å². The minimum absolute atomic E-state index is 0.145. The molecule has 0 bridgehead atoms. The molecule has 1 heterocycles. The second-order valence-corrected chi connectivity index (χ2v) is 6.92. The van der Waals surface area contributed by atoms with E-state index >= 15 is 0 Å². The number of thiophene rings is 1. The maximum Gasteiger partial charge on any atom is 0.253 e. The van der Waals surface area contributed by atoms with E-state index in [0.717, 1.165) is 16.3 Å². The summed E-state index contributed by atoms with van der Waals surface area (Å²) >= 11 is 1.47. The van der Waals surface area contributed by atoms with Crippen LogP contribution in [-0.2, 0) is 5.60 Å². The number of amides is 1. The van der Waals surface area contributed by atoms with Crippen LogP contribution < -0.4 is 10.6 Å². The molecule has 0 saturated heterocycles. The summed E-state index contributed by atoms with van der Waals surface area (Å²) in [5.74, 6) is -0.226. The molecule has 1 amide bonds. The molecule has 0 spiro atoms. The summed E-state index contributed by atoms with van der Waals surface area (Å²) in [4.78, 5) is 13.4. The molecule has 0 aliphatic heterocycles. The van der Waals surface area contributed by atoms with Gasteiger partial charge in [0.25, 0.3) is 5.91 Å². The van der Waals surface area contributed by atoms with Crippen LogP contribution >= 0.6 is 11.3 Å². The zero-order valence-electron chi connectivity index (χ0n) is 13.9. The first-order chi connectivity index (χ1) is 12.1. The van der Waals surface area contributed by atoms with E-state index in [4.69, 9.17) is 0 Å². The van der Waals surface area contributed by atoms with Crippen LogP contribution in [0.4, 0.5) is 11.4 Å². The molecule has 1 atom stereocenters. The van der Waals surface area contributed by atoms with Gasteiger partial charge in [0.05, 0.1) is 17.8 Å². The quantitative estimate of drug-likeness (QED) is 0.625. The first-order valence-electron chi connectivity index (χ1n) is 8.02. The molecular formula is C20H20N2O2S. The zero-order valence-corrected chi connectivity index (χ0v) is 14.7. The van der Waals surface area contributed by atoms with E-state index in [9.17, 15) is 9.90 Å². The summed E-state index contributed by atoms with van der Waals surface area (Å²) < 4.78 is 0. The first kappa shape index (κ1) is 17.2. The zero-order chi connectivity index (χ0) is 17.7. The first-order valence-corrected chi connectivity index (χ1v) is 8.90. The standard InChI is InChI=1S/C20H20N2O2S/c1-20(24,18-12-7-13-25-18)14-21-19(23)16-10-5-6-11-17(16)22-15-8-3-2-4-9-15/h2-13,22,24H,14H2,1H3,(H,21,23)/t20-/m0/s1. The molecule has 25 heavy (non-hydrogen) atoms. The highest BCUT2D eigenvalue weighted by atomic mass is 32.1. The van der Waals surface area contributed by atoms with Gasteiger partial charge in [0.15, 0.2) is 0 Å². The predicted molar refractivity (Wildman–Crippen MR) is 102 cm³/mol. The topological polar surface area (TPSA) is 61.4 Å². The third-order valence-electron chi connectivity index (χ3n) is 3.87. The van der Waals surface area contributed by atoms with Crippen LogP contribution in [0.5, 0.6) is 0 Å². The van der Waals surface area contributed by atoms with Gasteiger partial charge in [0.2, 0.25) is 0 Å². The van der Waals surface area contributed by atoms with Gasteiger partial charge in [-0.2, -0.15) is 0 Å². The van der Waals surface area contributed by atoms with Crippen molar-refractivity contribution in [3.05, 3.63) is 82.6 Å². The van der Waals surface area contributed by atoms with Crippen molar-refractivity contribution < 1.29 is 9.90 Å². The lowest BCUT2D eigenvalue weighted by molar-refractivity contribution is 0.0557. The Morgan fingerprint density at radius 2 is 1.76 bits per heavy atom. The van der Waals surface area contributed by atoms with E-state index in [2.05, 4.69) is 10.6 Å². The van der Waals surface area contributed by atoms with E-state index in [1.165, 1.54) is 11.3 Å². The molecule has 3 N–H and O–H groups in total. The van der Waals surface area contributed by atoms with Crippen LogP contribution in [0.2, 0.25) is 0 Å². The fraction of sp³-hybridized carbons (Fsp3) is 0.150. The van der Waals surface area contributed by atoms with Crippen molar-refractivity contribution in [2.45, 2.75) is 12.5 Å². The van der Waals surface area contributed by atoms with Gasteiger partial charge in [-0.15, -0.1) is 11.3 Å². The van der Waals surface area contributed by atoms with Gasteiger partial charge in [-0.05, 0) is 42.6 Å². The second-order valence-electron chi connectivity index (χ2n) is 5.97. The minimum atomic E-state index is -1.09. The maximum absolute atomic E-state index is 12.6. The molecule has 4 nitrogen and oxygen atoms in total. The van der Waals surface area contributed by atoms with Gasteiger partial charge in [-0.1, -0.05) is 36.4 Å². The Hall–Kier alpha value is -2.63. The Labute approximate surface area is 151 Å². The molecular weight excluding hydrogens is 332 g/mol. The molecule has 0 fully saturated rings. The van der Waals surface area contributed by atoms with Gasteiger partial charge in [0, 0.05) is 10.6 Å². The van der Waals surface area contributed by atoms with E-state index in [1.807, 2.05) is 66.0 Å². The van der Waals surface area contributed by atoms with Gasteiger partial charge < -0.3 is 15.7 Å². The number of nitrogens with one attached hydrogen (secondary N) is 2. The summed E-state index contributed by atoms with van der Waals surface area (Å²) in [5, 5.41) is 18.6. The highest BCUT2D eigenvalue weighted by Gasteiger charge is 2.25. The summed E-state index contributed by atoms with van der Waals surface area (Å²) in [5.41, 5.74) is 1.08. The third-order valence-corrected chi connectivity index (χ3v) is 4.99. The normalized spacial score (nSPS) is 13.0. The number of hydrogen-bond acceptors (Lipinski definition) is 4. The smallest absolute Gasteiger partial charge is 0.253 e. The van der Waals surface area contributed by atoms with Crippen molar-refractivity contribution in [1.82, 2.24) is 5.32 Å².